The smallest absolute Gasteiger partial charge is 0.338 e. The molecule has 0 bridgehead atoms. The van der Waals surface area contributed by atoms with Crippen molar-refractivity contribution in [1.82, 2.24) is 20.1 Å². The van der Waals surface area contributed by atoms with E-state index in [1.54, 1.807) is 32.3 Å². The summed E-state index contributed by atoms with van der Waals surface area (Å²) in [6, 6.07) is 2.28. The molecule has 5 rings (SSSR count). The summed E-state index contributed by atoms with van der Waals surface area (Å²) in [5.41, 5.74) is -0.105. The Morgan fingerprint density at radius 1 is 1.36 bits per heavy atom. The van der Waals surface area contributed by atoms with Crippen LogP contribution in [0.3, 0.4) is 0 Å². The minimum atomic E-state index is -1.14. The maximum absolute atomic E-state index is 14.0. The van der Waals surface area contributed by atoms with E-state index in [1.165, 1.54) is 28.4 Å². The van der Waals surface area contributed by atoms with Crippen molar-refractivity contribution in [2.24, 2.45) is 10.4 Å². The maximum Gasteiger partial charge on any atom is 0.338 e. The van der Waals surface area contributed by atoms with Gasteiger partial charge in [0.25, 0.3) is 0 Å². The van der Waals surface area contributed by atoms with Crippen LogP contribution in [0, 0.1) is 11.2 Å². The number of hydrogen-bond donors (Lipinski definition) is 2. The molecular weight excluding hydrogens is 589 g/mol. The van der Waals surface area contributed by atoms with Gasteiger partial charge in [0.2, 0.25) is 5.91 Å². The topological polar surface area (TPSA) is 134 Å². The van der Waals surface area contributed by atoms with Crippen LogP contribution in [0.5, 0.6) is 0 Å². The lowest BCUT2D eigenvalue weighted by molar-refractivity contribution is -0.149. The number of nitrogens with one attached hydrogen (secondary N) is 1. The van der Waals surface area contributed by atoms with E-state index in [0.717, 1.165) is 6.07 Å². The molecule has 42 heavy (non-hydrogen) atoms. The fraction of sp³-hybridized carbons (Fsp3) is 0.464. The lowest BCUT2D eigenvalue weighted by Gasteiger charge is -2.37. The van der Waals surface area contributed by atoms with Gasteiger partial charge in [0.15, 0.2) is 10.8 Å². The first kappa shape index (κ1) is 30.1. The SMILES string of the molecule is CCOC(=O)C1=C(CN2CCO[C@H]3CN(CC(C)(C)C(=O)O)C(=O)[C@H]32)NC(c2nccs2)=N[C@H]1c1ccc(F)cc1Cl. The highest BCUT2D eigenvalue weighted by Gasteiger charge is 2.49. The number of ether oxygens (including phenoxy) is 2. The number of aliphatic carboxylic acids is 1. The first-order valence-corrected chi connectivity index (χ1v) is 14.7. The average Bonchev–Trinajstić information content (AvgIpc) is 3.57. The summed E-state index contributed by atoms with van der Waals surface area (Å²) in [5, 5.41) is 15.3. The van der Waals surface area contributed by atoms with E-state index in [0.29, 0.717) is 35.3 Å². The number of aliphatic imine (C=N–C) groups is 1. The van der Waals surface area contributed by atoms with Gasteiger partial charge in [-0.25, -0.2) is 14.2 Å². The molecule has 0 spiro atoms. The molecule has 1 aromatic heterocycles. The van der Waals surface area contributed by atoms with Gasteiger partial charge in [-0.1, -0.05) is 17.7 Å². The monoisotopic (exact) mass is 619 g/mol. The van der Waals surface area contributed by atoms with Gasteiger partial charge in [-0.3, -0.25) is 19.5 Å². The number of hydrogen-bond acceptors (Lipinski definition) is 10. The number of carbonyl (C=O) groups is 3. The molecule has 0 saturated carbocycles. The van der Waals surface area contributed by atoms with Crippen LogP contribution in [0.2, 0.25) is 5.02 Å². The van der Waals surface area contributed by atoms with E-state index in [-0.39, 0.29) is 42.7 Å². The molecule has 0 unspecified atom stereocenters. The highest BCUT2D eigenvalue weighted by Crippen LogP contribution is 2.38. The normalized spacial score (nSPS) is 23.0. The van der Waals surface area contributed by atoms with Crippen LogP contribution < -0.4 is 5.32 Å². The summed E-state index contributed by atoms with van der Waals surface area (Å²) in [5.74, 6) is -2.00. The van der Waals surface area contributed by atoms with E-state index in [2.05, 4.69) is 10.3 Å². The van der Waals surface area contributed by atoms with Crippen molar-refractivity contribution in [2.45, 2.75) is 39.0 Å². The number of amides is 1. The molecule has 14 heteroatoms. The zero-order chi connectivity index (χ0) is 30.2. The van der Waals surface area contributed by atoms with Crippen molar-refractivity contribution >= 4 is 46.6 Å². The Morgan fingerprint density at radius 2 is 2.14 bits per heavy atom. The molecule has 3 aliphatic heterocycles. The van der Waals surface area contributed by atoms with E-state index in [9.17, 15) is 23.9 Å². The van der Waals surface area contributed by atoms with Crippen LogP contribution in [0.1, 0.15) is 37.4 Å². The molecule has 2 aromatic rings. The second-order valence-electron chi connectivity index (χ2n) is 10.9. The Bertz CT molecular complexity index is 1450. The van der Waals surface area contributed by atoms with E-state index < -0.39 is 41.4 Å². The van der Waals surface area contributed by atoms with Crippen molar-refractivity contribution in [3.05, 3.63) is 62.5 Å². The van der Waals surface area contributed by atoms with Crippen molar-refractivity contribution < 1.29 is 33.4 Å². The molecule has 224 valence electrons. The second kappa shape index (κ2) is 12.1. The van der Waals surface area contributed by atoms with Crippen molar-refractivity contribution in [3.8, 4) is 0 Å². The Morgan fingerprint density at radius 3 is 2.81 bits per heavy atom. The highest BCUT2D eigenvalue weighted by atomic mass is 35.5. The number of esters is 1. The van der Waals surface area contributed by atoms with Crippen LogP contribution in [0.15, 0.2) is 46.0 Å². The molecule has 3 aliphatic rings. The van der Waals surface area contributed by atoms with Crippen LogP contribution in [-0.4, -0.2) is 95.1 Å². The molecule has 1 amide bonds. The summed E-state index contributed by atoms with van der Waals surface area (Å²) < 4.78 is 25.4. The summed E-state index contributed by atoms with van der Waals surface area (Å²) in [6.45, 7) is 6.09. The standard InChI is InChI=1S/C28H31ClFN5O6S/c1-4-40-26(37)20-18(12-34-8-9-41-19-13-35(25(36)22(19)34)14-28(2,3)27(38)39)32-23(24-31-7-10-42-24)33-21(20)16-6-5-15(30)11-17(16)29/h5-7,10-11,19,21-22H,4,8-9,12-14H2,1-3H3,(H,32,33)(H,38,39)/t19-,21-,22-/m0/s1. The zero-order valence-corrected chi connectivity index (χ0v) is 24.9. The summed E-state index contributed by atoms with van der Waals surface area (Å²) in [7, 11) is 0. The van der Waals surface area contributed by atoms with Gasteiger partial charge in [-0.2, -0.15) is 0 Å². The van der Waals surface area contributed by atoms with Crippen LogP contribution >= 0.6 is 22.9 Å². The third kappa shape index (κ3) is 5.91. The lowest BCUT2D eigenvalue weighted by atomic mass is 9.93. The second-order valence-corrected chi connectivity index (χ2v) is 12.2. The Kier molecular flexibility index (Phi) is 8.65. The molecular formula is C28H31ClFN5O6S. The minimum absolute atomic E-state index is 0.0341. The Labute approximate surface area is 251 Å². The number of carboxylic acid groups (broad SMARTS) is 1. The third-order valence-corrected chi connectivity index (χ3v) is 8.57. The number of benzene rings is 1. The molecule has 0 aliphatic carbocycles. The van der Waals surface area contributed by atoms with E-state index in [1.807, 2.05) is 4.90 Å². The molecule has 2 saturated heterocycles. The number of carbonyl (C=O) groups excluding carboxylic acids is 2. The van der Waals surface area contributed by atoms with Gasteiger partial charge in [0, 0.05) is 54.0 Å². The number of halogens is 2. The summed E-state index contributed by atoms with van der Waals surface area (Å²) in [6.07, 6.45) is 1.16. The first-order valence-electron chi connectivity index (χ1n) is 13.5. The summed E-state index contributed by atoms with van der Waals surface area (Å²) >= 11 is 7.82. The number of aromatic nitrogens is 1. The van der Waals surface area contributed by atoms with Crippen molar-refractivity contribution in [1.29, 1.82) is 0 Å². The van der Waals surface area contributed by atoms with Gasteiger partial charge in [0.05, 0.1) is 30.3 Å². The number of carboxylic acids is 1. The minimum Gasteiger partial charge on any atom is -0.481 e. The van der Waals surface area contributed by atoms with Gasteiger partial charge in [-0.15, -0.1) is 11.3 Å². The van der Waals surface area contributed by atoms with Crippen LogP contribution in [0.25, 0.3) is 0 Å². The van der Waals surface area contributed by atoms with Crippen LogP contribution in [0.4, 0.5) is 4.39 Å². The van der Waals surface area contributed by atoms with Crippen molar-refractivity contribution in [2.75, 3.05) is 39.4 Å². The zero-order valence-electron chi connectivity index (χ0n) is 23.3. The van der Waals surface area contributed by atoms with Gasteiger partial charge in [-0.05, 0) is 32.9 Å². The Balaban J connectivity index is 1.54. The third-order valence-electron chi connectivity index (χ3n) is 7.46. The highest BCUT2D eigenvalue weighted by molar-refractivity contribution is 7.11. The molecule has 0 radical (unpaired) electrons. The first-order chi connectivity index (χ1) is 20.0. The molecule has 1 aromatic carbocycles. The molecule has 2 N–H and O–H groups in total. The van der Waals surface area contributed by atoms with Gasteiger partial charge < -0.3 is 24.8 Å². The summed E-state index contributed by atoms with van der Waals surface area (Å²) in [4.78, 5) is 51.4. The van der Waals surface area contributed by atoms with E-state index >= 15 is 0 Å². The van der Waals surface area contributed by atoms with Gasteiger partial charge >= 0.3 is 11.9 Å². The number of likely N-dealkylation sites (tertiary alicyclic amines) is 1. The maximum atomic E-state index is 14.0. The molecule has 4 heterocycles. The number of thiazole rings is 1. The van der Waals surface area contributed by atoms with Gasteiger partial charge in [0.1, 0.15) is 17.9 Å². The fourth-order valence-corrected chi connectivity index (χ4v) is 6.24. The van der Waals surface area contributed by atoms with Crippen LogP contribution in [-0.2, 0) is 23.9 Å². The number of fused-ring (bicyclic) bond motifs is 1. The molecule has 3 atom stereocenters. The predicted molar refractivity (Wildman–Crippen MR) is 153 cm³/mol. The fourth-order valence-electron chi connectivity index (χ4n) is 5.38. The van der Waals surface area contributed by atoms with Crippen molar-refractivity contribution in [3.63, 3.8) is 0 Å². The predicted octanol–water partition coefficient (Wildman–Crippen LogP) is 2.87. The Hall–Kier alpha value is -3.39. The molecule has 2 fully saturated rings. The number of nitrogens with zero attached hydrogens (tertiary/aromatic N) is 4. The average molecular weight is 620 g/mol. The molecule has 11 nitrogen and oxygen atoms in total. The lowest BCUT2D eigenvalue weighted by Crippen LogP contribution is -2.54. The number of morpholine rings is 1. The largest absolute Gasteiger partial charge is 0.481 e. The number of amidine groups is 1. The quantitative estimate of drug-likeness (QED) is 0.407. The number of rotatable bonds is 9. The van der Waals surface area contributed by atoms with E-state index in [4.69, 9.17) is 26.1 Å².